The first-order valence-corrected chi connectivity index (χ1v) is 10.2. The van der Waals surface area contributed by atoms with Crippen molar-refractivity contribution < 1.29 is 13.7 Å². The number of hydrogen-bond acceptors (Lipinski definition) is 5. The molecule has 0 unspecified atom stereocenters. The number of carbonyl (C=O) groups is 1. The molecule has 4 rings (SSSR count). The van der Waals surface area contributed by atoms with E-state index in [4.69, 9.17) is 4.52 Å². The lowest BCUT2D eigenvalue weighted by molar-refractivity contribution is 0.0614. The lowest BCUT2D eigenvalue weighted by atomic mass is 10.1. The van der Waals surface area contributed by atoms with E-state index in [9.17, 15) is 9.18 Å². The molecular formula is C21H20BrFN4O2. The van der Waals surface area contributed by atoms with Gasteiger partial charge in [-0.05, 0) is 41.1 Å². The highest BCUT2D eigenvalue weighted by Gasteiger charge is 2.24. The van der Waals surface area contributed by atoms with Gasteiger partial charge in [-0.1, -0.05) is 35.0 Å². The van der Waals surface area contributed by atoms with Gasteiger partial charge in [0.15, 0.2) is 0 Å². The van der Waals surface area contributed by atoms with E-state index in [2.05, 4.69) is 31.0 Å². The highest BCUT2D eigenvalue weighted by Crippen LogP contribution is 2.21. The Morgan fingerprint density at radius 1 is 1.14 bits per heavy atom. The highest BCUT2D eigenvalue weighted by molar-refractivity contribution is 9.10. The van der Waals surface area contributed by atoms with Crippen molar-refractivity contribution in [3.63, 3.8) is 0 Å². The Morgan fingerprint density at radius 2 is 1.86 bits per heavy atom. The minimum atomic E-state index is -0.372. The van der Waals surface area contributed by atoms with Crippen LogP contribution in [0.5, 0.6) is 0 Å². The molecule has 0 atom stereocenters. The molecule has 0 bridgehead atoms. The number of benzene rings is 2. The Bertz CT molecular complexity index is 1010. The highest BCUT2D eigenvalue weighted by atomic mass is 79.9. The second kappa shape index (κ2) is 8.42. The molecular weight excluding hydrogens is 439 g/mol. The molecule has 1 aliphatic heterocycles. The molecule has 2 heterocycles. The van der Waals surface area contributed by atoms with Gasteiger partial charge in [-0.25, -0.2) is 4.39 Å². The van der Waals surface area contributed by atoms with Crippen molar-refractivity contribution in [3.8, 4) is 11.4 Å². The van der Waals surface area contributed by atoms with E-state index in [0.29, 0.717) is 54.5 Å². The molecule has 0 radical (unpaired) electrons. The van der Waals surface area contributed by atoms with Crippen molar-refractivity contribution in [1.82, 2.24) is 19.9 Å². The molecule has 1 amide bonds. The van der Waals surface area contributed by atoms with Crippen LogP contribution < -0.4 is 0 Å². The zero-order valence-electron chi connectivity index (χ0n) is 15.9. The molecule has 1 saturated heterocycles. The van der Waals surface area contributed by atoms with E-state index in [1.165, 1.54) is 23.8 Å². The average molecular weight is 459 g/mol. The third-order valence-electron chi connectivity index (χ3n) is 4.96. The monoisotopic (exact) mass is 458 g/mol. The SMILES string of the molecule is Cc1ccc(-c2noc(CN3CCN(C(=O)c4ccc(F)cc4Br)CC3)n2)cc1. The van der Waals surface area contributed by atoms with Gasteiger partial charge in [0.1, 0.15) is 5.82 Å². The summed E-state index contributed by atoms with van der Waals surface area (Å²) in [6.07, 6.45) is 0. The zero-order chi connectivity index (χ0) is 20.4. The Hall–Kier alpha value is -2.58. The number of aromatic nitrogens is 2. The van der Waals surface area contributed by atoms with Crippen molar-refractivity contribution in [2.24, 2.45) is 0 Å². The number of hydrogen-bond donors (Lipinski definition) is 0. The number of aryl methyl sites for hydroxylation is 1. The van der Waals surface area contributed by atoms with Crippen LogP contribution in [0, 0.1) is 12.7 Å². The summed E-state index contributed by atoms with van der Waals surface area (Å²) < 4.78 is 19.1. The summed E-state index contributed by atoms with van der Waals surface area (Å²) in [6, 6.07) is 12.1. The topological polar surface area (TPSA) is 62.5 Å². The van der Waals surface area contributed by atoms with Crippen LogP contribution in [0.4, 0.5) is 4.39 Å². The molecule has 150 valence electrons. The lowest BCUT2D eigenvalue weighted by Gasteiger charge is -2.34. The first-order chi connectivity index (χ1) is 14.0. The Balaban J connectivity index is 1.34. The van der Waals surface area contributed by atoms with Gasteiger partial charge >= 0.3 is 0 Å². The van der Waals surface area contributed by atoms with Gasteiger partial charge in [-0.3, -0.25) is 9.69 Å². The molecule has 6 nitrogen and oxygen atoms in total. The van der Waals surface area contributed by atoms with Gasteiger partial charge in [0.05, 0.1) is 12.1 Å². The van der Waals surface area contributed by atoms with Crippen molar-refractivity contribution in [2.45, 2.75) is 13.5 Å². The van der Waals surface area contributed by atoms with E-state index in [-0.39, 0.29) is 11.7 Å². The van der Waals surface area contributed by atoms with E-state index in [1.807, 2.05) is 31.2 Å². The van der Waals surface area contributed by atoms with Crippen molar-refractivity contribution in [3.05, 3.63) is 69.8 Å². The van der Waals surface area contributed by atoms with Crippen molar-refractivity contribution in [1.29, 1.82) is 0 Å². The zero-order valence-corrected chi connectivity index (χ0v) is 17.5. The molecule has 1 aromatic heterocycles. The van der Waals surface area contributed by atoms with Gasteiger partial charge in [0.2, 0.25) is 11.7 Å². The smallest absolute Gasteiger partial charge is 0.255 e. The van der Waals surface area contributed by atoms with Crippen molar-refractivity contribution >= 4 is 21.8 Å². The molecule has 0 spiro atoms. The number of piperazine rings is 1. The predicted molar refractivity (Wildman–Crippen MR) is 110 cm³/mol. The van der Waals surface area contributed by atoms with Crippen LogP contribution in [0.2, 0.25) is 0 Å². The summed E-state index contributed by atoms with van der Waals surface area (Å²) in [6.45, 7) is 5.15. The molecule has 1 fully saturated rings. The maximum atomic E-state index is 13.3. The van der Waals surface area contributed by atoms with Crippen LogP contribution in [0.15, 0.2) is 51.5 Å². The van der Waals surface area contributed by atoms with Gasteiger partial charge < -0.3 is 9.42 Å². The fourth-order valence-corrected chi connectivity index (χ4v) is 3.79. The molecule has 0 aliphatic carbocycles. The summed E-state index contributed by atoms with van der Waals surface area (Å²) in [5.74, 6) is 0.662. The van der Waals surface area contributed by atoms with E-state index in [1.54, 1.807) is 4.90 Å². The molecule has 2 aromatic carbocycles. The quantitative estimate of drug-likeness (QED) is 0.592. The number of amides is 1. The summed E-state index contributed by atoms with van der Waals surface area (Å²) in [5.41, 5.74) is 2.57. The fraction of sp³-hybridized carbons (Fsp3) is 0.286. The fourth-order valence-electron chi connectivity index (χ4n) is 3.27. The molecule has 0 saturated carbocycles. The third-order valence-corrected chi connectivity index (χ3v) is 5.61. The maximum absolute atomic E-state index is 13.3. The average Bonchev–Trinajstić information content (AvgIpc) is 3.17. The normalized spacial score (nSPS) is 14.9. The Kier molecular flexibility index (Phi) is 5.73. The first kappa shape index (κ1) is 19.7. The molecule has 8 heteroatoms. The van der Waals surface area contributed by atoms with Crippen LogP contribution in [0.3, 0.4) is 0 Å². The second-order valence-electron chi connectivity index (χ2n) is 7.07. The molecule has 29 heavy (non-hydrogen) atoms. The number of rotatable bonds is 4. The van der Waals surface area contributed by atoms with E-state index >= 15 is 0 Å². The molecule has 3 aromatic rings. The number of carbonyl (C=O) groups excluding carboxylic acids is 1. The van der Waals surface area contributed by atoms with Gasteiger partial charge in [-0.15, -0.1) is 0 Å². The van der Waals surface area contributed by atoms with Crippen molar-refractivity contribution in [2.75, 3.05) is 26.2 Å². The lowest BCUT2D eigenvalue weighted by Crippen LogP contribution is -2.48. The number of nitrogens with zero attached hydrogens (tertiary/aromatic N) is 4. The van der Waals surface area contributed by atoms with Crippen LogP contribution >= 0.6 is 15.9 Å². The van der Waals surface area contributed by atoms with Gasteiger partial charge in [0, 0.05) is 36.2 Å². The Labute approximate surface area is 176 Å². The first-order valence-electron chi connectivity index (χ1n) is 9.36. The van der Waals surface area contributed by atoms with E-state index < -0.39 is 0 Å². The van der Waals surface area contributed by atoms with E-state index in [0.717, 1.165) is 5.56 Å². The maximum Gasteiger partial charge on any atom is 0.255 e. The second-order valence-corrected chi connectivity index (χ2v) is 7.92. The Morgan fingerprint density at radius 3 is 2.55 bits per heavy atom. The van der Waals surface area contributed by atoms with Gasteiger partial charge in [-0.2, -0.15) is 4.98 Å². The summed E-state index contributed by atoms with van der Waals surface area (Å²) in [5, 5.41) is 4.07. The third kappa shape index (κ3) is 4.54. The van der Waals surface area contributed by atoms with Crippen LogP contribution in [-0.2, 0) is 6.54 Å². The summed E-state index contributed by atoms with van der Waals surface area (Å²) >= 11 is 3.27. The van der Waals surface area contributed by atoms with Crippen LogP contribution in [0.1, 0.15) is 21.8 Å². The minimum absolute atomic E-state index is 0.101. The van der Waals surface area contributed by atoms with Gasteiger partial charge in [0.25, 0.3) is 5.91 Å². The summed E-state index contributed by atoms with van der Waals surface area (Å²) in [7, 11) is 0. The number of halogens is 2. The van der Waals surface area contributed by atoms with Crippen LogP contribution in [-0.4, -0.2) is 52.0 Å². The van der Waals surface area contributed by atoms with Crippen LogP contribution in [0.25, 0.3) is 11.4 Å². The standard InChI is InChI=1S/C21H20BrFN4O2/c1-14-2-4-15(5-3-14)20-24-19(29-25-20)13-26-8-10-27(11-9-26)21(28)17-7-6-16(23)12-18(17)22/h2-7,12H,8-11,13H2,1H3. The summed E-state index contributed by atoms with van der Waals surface area (Å²) in [4.78, 5) is 21.1. The predicted octanol–water partition coefficient (Wildman–Crippen LogP) is 3.90. The molecule has 1 aliphatic rings. The minimum Gasteiger partial charge on any atom is -0.338 e. The molecule has 0 N–H and O–H groups in total. The largest absolute Gasteiger partial charge is 0.338 e.